The lowest BCUT2D eigenvalue weighted by atomic mass is 10.1. The Balaban J connectivity index is 1.90. The predicted octanol–water partition coefficient (Wildman–Crippen LogP) is 3.74. The van der Waals surface area contributed by atoms with Gasteiger partial charge in [-0.05, 0) is 37.8 Å². The SMILES string of the molecule is Cc1oc(-c2ccccc2)nc1CC(=O)NCCCC(C)C. The van der Waals surface area contributed by atoms with E-state index < -0.39 is 0 Å². The third-order valence-electron chi connectivity index (χ3n) is 3.52. The van der Waals surface area contributed by atoms with Crippen molar-refractivity contribution in [3.05, 3.63) is 41.8 Å². The molecule has 0 saturated carbocycles. The predicted molar refractivity (Wildman–Crippen MR) is 87.5 cm³/mol. The Kier molecular flexibility index (Phi) is 5.75. The Morgan fingerprint density at radius 1 is 1.27 bits per heavy atom. The van der Waals surface area contributed by atoms with Crippen LogP contribution in [0.25, 0.3) is 11.5 Å². The van der Waals surface area contributed by atoms with Gasteiger partial charge in [0.25, 0.3) is 0 Å². The van der Waals surface area contributed by atoms with Crippen LogP contribution in [0.15, 0.2) is 34.7 Å². The van der Waals surface area contributed by atoms with Gasteiger partial charge in [0, 0.05) is 12.1 Å². The molecule has 0 saturated heterocycles. The fourth-order valence-corrected chi connectivity index (χ4v) is 2.25. The van der Waals surface area contributed by atoms with Crippen LogP contribution in [-0.4, -0.2) is 17.4 Å². The first-order valence-electron chi connectivity index (χ1n) is 7.84. The number of oxazole rings is 1. The molecule has 1 aromatic carbocycles. The molecule has 2 rings (SSSR count). The summed E-state index contributed by atoms with van der Waals surface area (Å²) in [6, 6.07) is 9.72. The molecule has 0 spiro atoms. The van der Waals surface area contributed by atoms with Gasteiger partial charge in [-0.1, -0.05) is 32.0 Å². The van der Waals surface area contributed by atoms with Crippen molar-refractivity contribution in [2.75, 3.05) is 6.54 Å². The number of aryl methyl sites for hydroxylation is 1. The summed E-state index contributed by atoms with van der Waals surface area (Å²) in [6.45, 7) is 6.94. The molecule has 0 fully saturated rings. The molecular formula is C18H24N2O2. The topological polar surface area (TPSA) is 55.1 Å². The van der Waals surface area contributed by atoms with E-state index in [1.807, 2.05) is 37.3 Å². The molecule has 0 atom stereocenters. The molecule has 4 heteroatoms. The maximum Gasteiger partial charge on any atom is 0.226 e. The van der Waals surface area contributed by atoms with Crippen molar-refractivity contribution in [3.63, 3.8) is 0 Å². The van der Waals surface area contributed by atoms with E-state index in [9.17, 15) is 4.79 Å². The quantitative estimate of drug-likeness (QED) is 0.792. The van der Waals surface area contributed by atoms with Crippen LogP contribution in [0.4, 0.5) is 0 Å². The highest BCUT2D eigenvalue weighted by Crippen LogP contribution is 2.21. The molecule has 1 heterocycles. The first-order chi connectivity index (χ1) is 10.6. The first-order valence-corrected chi connectivity index (χ1v) is 7.84. The number of carbonyl (C=O) groups is 1. The molecule has 0 aliphatic heterocycles. The Hall–Kier alpha value is -2.10. The summed E-state index contributed by atoms with van der Waals surface area (Å²) in [6.07, 6.45) is 2.40. The maximum atomic E-state index is 12.0. The Bertz CT molecular complexity index is 603. The van der Waals surface area contributed by atoms with Gasteiger partial charge in [-0.3, -0.25) is 4.79 Å². The van der Waals surface area contributed by atoms with Crippen LogP contribution < -0.4 is 5.32 Å². The lowest BCUT2D eigenvalue weighted by Crippen LogP contribution is -2.26. The number of nitrogens with one attached hydrogen (secondary N) is 1. The molecule has 0 radical (unpaired) electrons. The van der Waals surface area contributed by atoms with E-state index in [0.717, 1.165) is 24.9 Å². The fraction of sp³-hybridized carbons (Fsp3) is 0.444. The monoisotopic (exact) mass is 300 g/mol. The number of amides is 1. The minimum Gasteiger partial charge on any atom is -0.441 e. The number of benzene rings is 1. The van der Waals surface area contributed by atoms with Gasteiger partial charge in [0.05, 0.1) is 12.1 Å². The van der Waals surface area contributed by atoms with Crippen LogP contribution >= 0.6 is 0 Å². The summed E-state index contributed by atoms with van der Waals surface area (Å²) >= 11 is 0. The largest absolute Gasteiger partial charge is 0.441 e. The van der Waals surface area contributed by atoms with Gasteiger partial charge >= 0.3 is 0 Å². The lowest BCUT2D eigenvalue weighted by molar-refractivity contribution is -0.120. The highest BCUT2D eigenvalue weighted by atomic mass is 16.4. The summed E-state index contributed by atoms with van der Waals surface area (Å²) in [5.41, 5.74) is 1.63. The van der Waals surface area contributed by atoms with Gasteiger partial charge in [-0.15, -0.1) is 0 Å². The zero-order valence-corrected chi connectivity index (χ0v) is 13.6. The van der Waals surface area contributed by atoms with Crippen LogP contribution in [-0.2, 0) is 11.2 Å². The van der Waals surface area contributed by atoms with E-state index in [4.69, 9.17) is 4.42 Å². The van der Waals surface area contributed by atoms with Crippen molar-refractivity contribution >= 4 is 5.91 Å². The third-order valence-corrected chi connectivity index (χ3v) is 3.52. The van der Waals surface area contributed by atoms with Crippen LogP contribution in [0.2, 0.25) is 0 Å². The van der Waals surface area contributed by atoms with Crippen molar-refractivity contribution in [2.24, 2.45) is 5.92 Å². The molecule has 22 heavy (non-hydrogen) atoms. The van der Waals surface area contributed by atoms with E-state index >= 15 is 0 Å². The van der Waals surface area contributed by atoms with E-state index in [1.165, 1.54) is 0 Å². The standard InChI is InChI=1S/C18H24N2O2/c1-13(2)8-7-11-19-17(21)12-16-14(3)22-18(20-16)15-9-5-4-6-10-15/h4-6,9-10,13H,7-8,11-12H2,1-3H3,(H,19,21). The second-order valence-corrected chi connectivity index (χ2v) is 5.95. The molecule has 1 N–H and O–H groups in total. The zero-order valence-electron chi connectivity index (χ0n) is 13.6. The summed E-state index contributed by atoms with van der Waals surface area (Å²) in [5, 5.41) is 2.94. The maximum absolute atomic E-state index is 12.0. The highest BCUT2D eigenvalue weighted by Gasteiger charge is 2.14. The number of hydrogen-bond donors (Lipinski definition) is 1. The zero-order chi connectivity index (χ0) is 15.9. The van der Waals surface area contributed by atoms with Crippen LogP contribution in [0.5, 0.6) is 0 Å². The number of nitrogens with zero attached hydrogens (tertiary/aromatic N) is 1. The van der Waals surface area contributed by atoms with E-state index in [0.29, 0.717) is 23.3 Å². The van der Waals surface area contributed by atoms with Gasteiger partial charge < -0.3 is 9.73 Å². The normalized spacial score (nSPS) is 10.9. The molecule has 0 bridgehead atoms. The summed E-state index contributed by atoms with van der Waals surface area (Å²) in [4.78, 5) is 16.4. The number of carbonyl (C=O) groups excluding carboxylic acids is 1. The van der Waals surface area contributed by atoms with E-state index in [-0.39, 0.29) is 12.3 Å². The minimum atomic E-state index is -0.000215. The highest BCUT2D eigenvalue weighted by molar-refractivity contribution is 5.78. The summed E-state index contributed by atoms with van der Waals surface area (Å²) < 4.78 is 5.67. The van der Waals surface area contributed by atoms with Crippen molar-refractivity contribution in [1.29, 1.82) is 0 Å². The Morgan fingerprint density at radius 2 is 2.00 bits per heavy atom. The van der Waals surface area contributed by atoms with Crippen molar-refractivity contribution in [1.82, 2.24) is 10.3 Å². The van der Waals surface area contributed by atoms with Gasteiger partial charge in [0.1, 0.15) is 5.76 Å². The molecule has 0 aliphatic rings. The van der Waals surface area contributed by atoms with Crippen LogP contribution in [0.1, 0.15) is 38.1 Å². The third kappa shape index (κ3) is 4.72. The number of rotatable bonds is 7. The molecular weight excluding hydrogens is 276 g/mol. The second kappa shape index (κ2) is 7.78. The molecule has 1 amide bonds. The lowest BCUT2D eigenvalue weighted by Gasteiger charge is -2.06. The van der Waals surface area contributed by atoms with Crippen LogP contribution in [0.3, 0.4) is 0 Å². The minimum absolute atomic E-state index is 0.000215. The molecule has 4 nitrogen and oxygen atoms in total. The fourth-order valence-electron chi connectivity index (χ4n) is 2.25. The van der Waals surface area contributed by atoms with Crippen molar-refractivity contribution in [2.45, 2.75) is 40.0 Å². The average molecular weight is 300 g/mol. The molecule has 118 valence electrons. The summed E-state index contributed by atoms with van der Waals surface area (Å²) in [5.74, 6) is 1.94. The Labute approximate surface area is 131 Å². The van der Waals surface area contributed by atoms with Gasteiger partial charge in [0.2, 0.25) is 11.8 Å². The van der Waals surface area contributed by atoms with Crippen molar-refractivity contribution in [3.8, 4) is 11.5 Å². The first kappa shape index (κ1) is 16.3. The second-order valence-electron chi connectivity index (χ2n) is 5.95. The summed E-state index contributed by atoms with van der Waals surface area (Å²) in [7, 11) is 0. The van der Waals surface area contributed by atoms with E-state index in [1.54, 1.807) is 0 Å². The molecule has 0 aliphatic carbocycles. The average Bonchev–Trinajstić information content (AvgIpc) is 2.85. The number of aromatic nitrogens is 1. The molecule has 1 aromatic heterocycles. The van der Waals surface area contributed by atoms with Gasteiger partial charge in [0.15, 0.2) is 0 Å². The van der Waals surface area contributed by atoms with Crippen LogP contribution in [0, 0.1) is 12.8 Å². The number of hydrogen-bond acceptors (Lipinski definition) is 3. The van der Waals surface area contributed by atoms with Gasteiger partial charge in [-0.25, -0.2) is 4.98 Å². The Morgan fingerprint density at radius 3 is 2.68 bits per heavy atom. The molecule has 0 unspecified atom stereocenters. The van der Waals surface area contributed by atoms with E-state index in [2.05, 4.69) is 24.1 Å². The molecule has 2 aromatic rings. The van der Waals surface area contributed by atoms with Crippen molar-refractivity contribution < 1.29 is 9.21 Å². The van der Waals surface area contributed by atoms with Gasteiger partial charge in [-0.2, -0.15) is 0 Å². The smallest absolute Gasteiger partial charge is 0.226 e.